The first-order valence-corrected chi connectivity index (χ1v) is 7.31. The molecule has 1 heterocycles. The van der Waals surface area contributed by atoms with Crippen molar-refractivity contribution in [3.05, 3.63) is 34.6 Å². The number of likely N-dealkylation sites (tertiary alicyclic amines) is 1. The zero-order valence-corrected chi connectivity index (χ0v) is 12.5. The van der Waals surface area contributed by atoms with Gasteiger partial charge in [-0.15, -0.1) is 0 Å². The lowest BCUT2D eigenvalue weighted by molar-refractivity contribution is 0.0725. The summed E-state index contributed by atoms with van der Waals surface area (Å²) in [6.45, 7) is 2.05. The highest BCUT2D eigenvalue weighted by molar-refractivity contribution is 9.09. The molecule has 1 aromatic rings. The summed E-state index contributed by atoms with van der Waals surface area (Å²) in [6.07, 6.45) is 0.595. The Kier molecular flexibility index (Phi) is 4.55. The highest BCUT2D eigenvalue weighted by atomic mass is 79.9. The van der Waals surface area contributed by atoms with Crippen molar-refractivity contribution in [1.29, 1.82) is 0 Å². The van der Waals surface area contributed by atoms with E-state index in [2.05, 4.69) is 15.9 Å². The molecule has 0 saturated carbocycles. The van der Waals surface area contributed by atoms with E-state index >= 15 is 0 Å². The van der Waals surface area contributed by atoms with Crippen LogP contribution in [0.3, 0.4) is 0 Å². The van der Waals surface area contributed by atoms with Crippen molar-refractivity contribution in [1.82, 2.24) is 4.90 Å². The third kappa shape index (κ3) is 2.54. The third-order valence-corrected chi connectivity index (χ3v) is 4.39. The molecule has 1 fully saturated rings. The number of carbonyl (C=O) groups is 1. The fourth-order valence-electron chi connectivity index (χ4n) is 2.43. The van der Waals surface area contributed by atoms with Crippen molar-refractivity contribution in [2.24, 2.45) is 5.92 Å². The van der Waals surface area contributed by atoms with Crippen LogP contribution in [0.2, 0.25) is 0 Å². The number of carbonyl (C=O) groups excluding carboxylic acids is 1. The SMILES string of the molecule is CC1CCN(C(=O)c2c(F)c(F)c(F)c(F)c2F)C1CBr. The van der Waals surface area contributed by atoms with Gasteiger partial charge in [-0.2, -0.15) is 0 Å². The van der Waals surface area contributed by atoms with Gasteiger partial charge in [0.15, 0.2) is 23.3 Å². The van der Waals surface area contributed by atoms with Crippen LogP contribution in [-0.4, -0.2) is 28.7 Å². The van der Waals surface area contributed by atoms with Gasteiger partial charge in [0.2, 0.25) is 5.82 Å². The monoisotopic (exact) mass is 371 g/mol. The molecule has 0 radical (unpaired) electrons. The van der Waals surface area contributed by atoms with E-state index in [0.717, 1.165) is 4.90 Å². The summed E-state index contributed by atoms with van der Waals surface area (Å²) in [5.74, 6) is -11.8. The minimum atomic E-state index is -2.27. The van der Waals surface area contributed by atoms with Crippen molar-refractivity contribution in [2.45, 2.75) is 19.4 Å². The molecule has 1 aliphatic rings. The molecule has 2 nitrogen and oxygen atoms in total. The lowest BCUT2D eigenvalue weighted by atomic mass is 10.0. The smallest absolute Gasteiger partial charge is 0.260 e. The minimum Gasteiger partial charge on any atom is -0.334 e. The highest BCUT2D eigenvalue weighted by Gasteiger charge is 2.38. The summed E-state index contributed by atoms with van der Waals surface area (Å²) >= 11 is 3.19. The second-order valence-corrected chi connectivity index (χ2v) is 5.58. The van der Waals surface area contributed by atoms with Crippen LogP contribution >= 0.6 is 15.9 Å². The van der Waals surface area contributed by atoms with Crippen LogP contribution in [0, 0.1) is 35.0 Å². The van der Waals surface area contributed by atoms with Crippen LogP contribution in [0.5, 0.6) is 0 Å². The van der Waals surface area contributed by atoms with Crippen LogP contribution < -0.4 is 0 Å². The third-order valence-electron chi connectivity index (χ3n) is 3.73. The maximum Gasteiger partial charge on any atom is 0.260 e. The number of nitrogens with zero attached hydrogens (tertiary/aromatic N) is 1. The normalized spacial score (nSPS) is 22.0. The van der Waals surface area contributed by atoms with E-state index in [9.17, 15) is 26.7 Å². The largest absolute Gasteiger partial charge is 0.334 e. The average molecular weight is 372 g/mol. The summed E-state index contributed by atoms with van der Waals surface area (Å²) < 4.78 is 66.6. The van der Waals surface area contributed by atoms with Gasteiger partial charge >= 0.3 is 0 Å². The van der Waals surface area contributed by atoms with Crippen LogP contribution in [0.15, 0.2) is 0 Å². The number of alkyl halides is 1. The predicted molar refractivity (Wildman–Crippen MR) is 68.6 cm³/mol. The van der Waals surface area contributed by atoms with Gasteiger partial charge in [0, 0.05) is 17.9 Å². The Balaban J connectivity index is 2.50. The first-order chi connectivity index (χ1) is 9.81. The van der Waals surface area contributed by atoms with Crippen molar-refractivity contribution >= 4 is 21.8 Å². The molecule has 0 aliphatic carbocycles. The molecule has 2 rings (SSSR count). The van der Waals surface area contributed by atoms with Crippen LogP contribution in [0.4, 0.5) is 22.0 Å². The number of hydrogen-bond donors (Lipinski definition) is 0. The lowest BCUT2D eigenvalue weighted by Gasteiger charge is -2.25. The predicted octanol–water partition coefficient (Wildman–Crippen LogP) is 3.63. The summed E-state index contributed by atoms with van der Waals surface area (Å²) in [5.41, 5.74) is -1.40. The summed E-state index contributed by atoms with van der Waals surface area (Å²) in [6, 6.07) is -0.354. The van der Waals surface area contributed by atoms with Gasteiger partial charge in [0.05, 0.1) is 0 Å². The van der Waals surface area contributed by atoms with E-state index in [1.165, 1.54) is 0 Å². The first-order valence-electron chi connectivity index (χ1n) is 6.19. The van der Waals surface area contributed by atoms with Gasteiger partial charge in [-0.25, -0.2) is 22.0 Å². The molecule has 2 unspecified atom stereocenters. The molecule has 2 atom stereocenters. The Bertz CT molecular complexity index is 565. The van der Waals surface area contributed by atoms with E-state index in [-0.39, 0.29) is 18.5 Å². The van der Waals surface area contributed by atoms with Gasteiger partial charge < -0.3 is 4.90 Å². The summed E-state index contributed by atoms with van der Waals surface area (Å²) in [7, 11) is 0. The number of rotatable bonds is 2. The molecule has 0 N–H and O–H groups in total. The van der Waals surface area contributed by atoms with Gasteiger partial charge in [0.1, 0.15) is 5.56 Å². The Morgan fingerprint density at radius 1 is 1.10 bits per heavy atom. The van der Waals surface area contributed by atoms with E-state index in [1.54, 1.807) is 0 Å². The number of halogens is 6. The quantitative estimate of drug-likeness (QED) is 0.336. The Labute approximate surface area is 126 Å². The number of benzene rings is 1. The second-order valence-electron chi connectivity index (χ2n) is 4.93. The number of amides is 1. The Morgan fingerprint density at radius 2 is 1.57 bits per heavy atom. The van der Waals surface area contributed by atoms with E-state index in [1.807, 2.05) is 6.92 Å². The van der Waals surface area contributed by atoms with Gasteiger partial charge in [-0.05, 0) is 12.3 Å². The average Bonchev–Trinajstić information content (AvgIpc) is 2.84. The summed E-state index contributed by atoms with van der Waals surface area (Å²) in [4.78, 5) is 13.3. The van der Waals surface area contributed by atoms with Crippen molar-refractivity contribution in [2.75, 3.05) is 11.9 Å². The minimum absolute atomic E-state index is 0.0644. The summed E-state index contributed by atoms with van der Waals surface area (Å²) in [5, 5.41) is 0.356. The van der Waals surface area contributed by atoms with Gasteiger partial charge in [0.25, 0.3) is 5.91 Å². The molecular formula is C13H11BrF5NO. The fraction of sp³-hybridized carbons (Fsp3) is 0.462. The van der Waals surface area contributed by atoms with Crippen molar-refractivity contribution in [3.8, 4) is 0 Å². The first kappa shape index (κ1) is 16.2. The van der Waals surface area contributed by atoms with Crippen LogP contribution in [0.1, 0.15) is 23.7 Å². The molecule has 0 aromatic heterocycles. The standard InChI is InChI=1S/C13H11BrF5NO/c1-5-2-3-20(6(5)4-14)13(21)7-8(15)10(17)12(19)11(18)9(7)16/h5-6H,2-4H2,1H3. The maximum absolute atomic E-state index is 13.7. The van der Waals surface area contributed by atoms with Crippen LogP contribution in [0.25, 0.3) is 0 Å². The molecule has 1 amide bonds. The fourth-order valence-corrected chi connectivity index (χ4v) is 3.42. The van der Waals surface area contributed by atoms with E-state index < -0.39 is 40.6 Å². The van der Waals surface area contributed by atoms with E-state index in [0.29, 0.717) is 11.8 Å². The zero-order valence-electron chi connectivity index (χ0n) is 10.9. The Morgan fingerprint density at radius 3 is 2.05 bits per heavy atom. The second kappa shape index (κ2) is 5.90. The van der Waals surface area contributed by atoms with Crippen molar-refractivity contribution < 1.29 is 26.7 Å². The molecule has 116 valence electrons. The number of hydrogen-bond acceptors (Lipinski definition) is 1. The maximum atomic E-state index is 13.7. The molecule has 1 aromatic carbocycles. The van der Waals surface area contributed by atoms with Gasteiger partial charge in [-0.1, -0.05) is 22.9 Å². The Hall–Kier alpha value is -1.18. The van der Waals surface area contributed by atoms with Gasteiger partial charge in [-0.3, -0.25) is 4.79 Å². The highest BCUT2D eigenvalue weighted by Crippen LogP contribution is 2.30. The molecule has 21 heavy (non-hydrogen) atoms. The molecule has 8 heteroatoms. The molecule has 1 saturated heterocycles. The topological polar surface area (TPSA) is 20.3 Å². The molecule has 0 spiro atoms. The molecule has 1 aliphatic heterocycles. The van der Waals surface area contributed by atoms with Crippen molar-refractivity contribution in [3.63, 3.8) is 0 Å². The molecular weight excluding hydrogens is 361 g/mol. The zero-order chi connectivity index (χ0) is 15.9. The van der Waals surface area contributed by atoms with E-state index in [4.69, 9.17) is 0 Å². The molecule has 0 bridgehead atoms. The van der Waals surface area contributed by atoms with Crippen LogP contribution in [-0.2, 0) is 0 Å². The lowest BCUT2D eigenvalue weighted by Crippen LogP contribution is -2.39.